The number of aliphatic hydroxyl groups is 1. The molecule has 8 nitrogen and oxygen atoms in total. The van der Waals surface area contributed by atoms with E-state index < -0.39 is 46.8 Å². The molecule has 40 heavy (non-hydrogen) atoms. The highest BCUT2D eigenvalue weighted by atomic mass is 19.1. The minimum Gasteiger partial charge on any atom is -0.490 e. The van der Waals surface area contributed by atoms with Gasteiger partial charge in [0, 0.05) is 37.2 Å². The number of carbonyl (C=O) groups is 1. The molecule has 2 aliphatic rings. The molecule has 1 saturated heterocycles. The van der Waals surface area contributed by atoms with E-state index in [4.69, 9.17) is 15.2 Å². The number of aliphatic hydroxyl groups excluding tert-OH is 1. The Morgan fingerprint density at radius 1 is 1.10 bits per heavy atom. The monoisotopic (exact) mass is 556 g/mol. The zero-order chi connectivity index (χ0) is 28.4. The van der Waals surface area contributed by atoms with Crippen LogP contribution in [0.3, 0.4) is 0 Å². The van der Waals surface area contributed by atoms with E-state index >= 15 is 8.78 Å². The van der Waals surface area contributed by atoms with E-state index in [1.807, 2.05) is 6.92 Å². The van der Waals surface area contributed by atoms with E-state index in [1.54, 1.807) is 12.3 Å². The van der Waals surface area contributed by atoms with Gasteiger partial charge in [-0.15, -0.1) is 0 Å². The molecule has 1 aliphatic heterocycles. The number of rotatable bonds is 6. The highest BCUT2D eigenvalue weighted by Gasteiger charge is 2.34. The first-order valence-electron chi connectivity index (χ1n) is 13.3. The average Bonchev–Trinajstić information content (AvgIpc) is 2.93. The summed E-state index contributed by atoms with van der Waals surface area (Å²) in [6, 6.07) is 5.40. The fourth-order valence-corrected chi connectivity index (χ4v) is 5.45. The smallest absolute Gasteiger partial charge is 0.274 e. The van der Waals surface area contributed by atoms with Gasteiger partial charge in [0.05, 0.1) is 36.8 Å². The Morgan fingerprint density at radius 3 is 2.52 bits per heavy atom. The second kappa shape index (κ2) is 11.9. The number of ether oxygens (including phenoxy) is 2. The number of aromatic nitrogens is 2. The third-order valence-corrected chi connectivity index (χ3v) is 7.58. The summed E-state index contributed by atoms with van der Waals surface area (Å²) < 4.78 is 55.9. The Hall–Kier alpha value is -3.54. The summed E-state index contributed by atoms with van der Waals surface area (Å²) in [6.07, 6.45) is 4.59. The van der Waals surface area contributed by atoms with Crippen molar-refractivity contribution in [2.75, 3.05) is 18.5 Å². The van der Waals surface area contributed by atoms with Gasteiger partial charge in [-0.25, -0.2) is 18.2 Å². The topological polar surface area (TPSA) is 120 Å². The van der Waals surface area contributed by atoms with Crippen LogP contribution in [0.1, 0.15) is 54.6 Å². The predicted molar refractivity (Wildman–Crippen MR) is 141 cm³/mol. The second-order valence-corrected chi connectivity index (χ2v) is 10.4. The maximum absolute atomic E-state index is 15.1. The second-order valence-electron chi connectivity index (χ2n) is 10.4. The summed E-state index contributed by atoms with van der Waals surface area (Å²) in [7, 11) is 0. The van der Waals surface area contributed by atoms with Gasteiger partial charge in [0.2, 0.25) is 0 Å². The SMILES string of the molecule is C[C@H]1C[C@@H](c2ccncc2NC(=O)c2ccc(F)c(-c3c(F)cc(OC4CCOCC4)cc3F)n2)C[C@@H](N)[C@H]1O. The first-order chi connectivity index (χ1) is 19.2. The Balaban J connectivity index is 1.38. The molecule has 1 aromatic carbocycles. The minimum atomic E-state index is -1.06. The number of hydrogen-bond acceptors (Lipinski definition) is 7. The number of benzene rings is 1. The quantitative estimate of drug-likeness (QED) is 0.407. The number of nitrogens with one attached hydrogen (secondary N) is 1. The average molecular weight is 557 g/mol. The van der Waals surface area contributed by atoms with Crippen LogP contribution in [0.2, 0.25) is 0 Å². The fraction of sp³-hybridized carbons (Fsp3) is 0.414. The molecule has 1 saturated carbocycles. The van der Waals surface area contributed by atoms with Gasteiger partial charge >= 0.3 is 0 Å². The lowest BCUT2D eigenvalue weighted by molar-refractivity contribution is 0.0253. The summed E-state index contributed by atoms with van der Waals surface area (Å²) in [4.78, 5) is 21.2. The Kier molecular flexibility index (Phi) is 8.34. The van der Waals surface area contributed by atoms with E-state index in [0.717, 1.165) is 29.8 Å². The Bertz CT molecular complexity index is 1350. The van der Waals surface area contributed by atoms with Crippen molar-refractivity contribution in [3.05, 3.63) is 71.4 Å². The molecule has 2 aromatic heterocycles. The van der Waals surface area contributed by atoms with Gasteiger partial charge in [-0.05, 0) is 48.4 Å². The molecular weight excluding hydrogens is 525 g/mol. The zero-order valence-electron chi connectivity index (χ0n) is 21.9. The highest BCUT2D eigenvalue weighted by molar-refractivity contribution is 6.03. The Labute approximate surface area is 229 Å². The molecule has 1 amide bonds. The summed E-state index contributed by atoms with van der Waals surface area (Å²) in [5.74, 6) is -3.91. The van der Waals surface area contributed by atoms with Crippen LogP contribution in [0.4, 0.5) is 18.9 Å². The van der Waals surface area contributed by atoms with Crippen molar-refractivity contribution < 1.29 is 32.5 Å². The van der Waals surface area contributed by atoms with Crippen molar-refractivity contribution in [2.45, 2.75) is 56.8 Å². The molecule has 1 aliphatic carbocycles. The number of amides is 1. The van der Waals surface area contributed by atoms with E-state index in [2.05, 4.69) is 15.3 Å². The molecule has 0 spiro atoms. The predicted octanol–water partition coefficient (Wildman–Crippen LogP) is 4.57. The van der Waals surface area contributed by atoms with Gasteiger partial charge in [0.1, 0.15) is 40.7 Å². The minimum absolute atomic E-state index is 0.0201. The molecule has 11 heteroatoms. The molecule has 2 fully saturated rings. The van der Waals surface area contributed by atoms with Crippen molar-refractivity contribution in [1.29, 1.82) is 0 Å². The van der Waals surface area contributed by atoms with Crippen molar-refractivity contribution in [2.24, 2.45) is 11.7 Å². The molecule has 0 radical (unpaired) electrons. The maximum atomic E-state index is 15.1. The zero-order valence-corrected chi connectivity index (χ0v) is 21.9. The van der Waals surface area contributed by atoms with E-state index in [-0.39, 0.29) is 29.4 Å². The van der Waals surface area contributed by atoms with E-state index in [0.29, 0.717) is 44.6 Å². The first-order valence-corrected chi connectivity index (χ1v) is 13.3. The summed E-state index contributed by atoms with van der Waals surface area (Å²) >= 11 is 0. The molecule has 212 valence electrons. The first kappa shape index (κ1) is 28.0. The summed E-state index contributed by atoms with van der Waals surface area (Å²) in [5.41, 5.74) is 5.76. The summed E-state index contributed by atoms with van der Waals surface area (Å²) in [6.45, 7) is 2.91. The summed E-state index contributed by atoms with van der Waals surface area (Å²) in [5, 5.41) is 13.0. The van der Waals surface area contributed by atoms with Crippen LogP contribution < -0.4 is 15.8 Å². The van der Waals surface area contributed by atoms with Gasteiger partial charge in [0.15, 0.2) is 0 Å². The normalized spacial score (nSPS) is 23.6. The number of anilines is 1. The molecular formula is C29H31F3N4O4. The largest absolute Gasteiger partial charge is 0.490 e. The molecule has 5 rings (SSSR count). The number of nitrogens with zero attached hydrogens (tertiary/aromatic N) is 2. The van der Waals surface area contributed by atoms with Gasteiger partial charge < -0.3 is 25.6 Å². The van der Waals surface area contributed by atoms with Gasteiger partial charge in [-0.1, -0.05) is 6.92 Å². The molecule has 3 aromatic rings. The number of nitrogens with two attached hydrogens (primary N) is 1. The number of carbonyl (C=O) groups excluding carboxylic acids is 1. The van der Waals surface area contributed by atoms with Crippen LogP contribution in [-0.2, 0) is 4.74 Å². The number of pyridine rings is 2. The molecule has 4 atom stereocenters. The molecule has 3 heterocycles. The lowest BCUT2D eigenvalue weighted by Crippen LogP contribution is -2.44. The number of halogens is 3. The highest BCUT2D eigenvalue weighted by Crippen LogP contribution is 2.39. The van der Waals surface area contributed by atoms with Gasteiger partial charge in [0.25, 0.3) is 5.91 Å². The van der Waals surface area contributed by atoms with Crippen molar-refractivity contribution in [3.8, 4) is 17.0 Å². The van der Waals surface area contributed by atoms with Crippen LogP contribution in [0.15, 0.2) is 42.7 Å². The fourth-order valence-electron chi connectivity index (χ4n) is 5.45. The van der Waals surface area contributed by atoms with Crippen LogP contribution in [0.25, 0.3) is 11.3 Å². The van der Waals surface area contributed by atoms with Crippen molar-refractivity contribution in [1.82, 2.24) is 9.97 Å². The molecule has 4 N–H and O–H groups in total. The lowest BCUT2D eigenvalue weighted by Gasteiger charge is -2.36. The molecule has 0 bridgehead atoms. The van der Waals surface area contributed by atoms with Crippen molar-refractivity contribution >= 4 is 11.6 Å². The van der Waals surface area contributed by atoms with Crippen LogP contribution in [0.5, 0.6) is 5.75 Å². The molecule has 0 unspecified atom stereocenters. The standard InChI is InChI=1S/C29H31F3N4O4/c1-15-10-16(11-23(33)28(15)37)19-4-7-34-14-25(19)36-29(38)24-3-2-20(30)27(35-24)26-21(31)12-18(13-22(26)32)40-17-5-8-39-9-6-17/h2-4,7,12-17,23,28,37H,5-6,8-11,33H2,1H3,(H,36,38)/t15-,16+,23+,28-/m0/s1. The maximum Gasteiger partial charge on any atom is 0.274 e. The lowest BCUT2D eigenvalue weighted by atomic mass is 9.74. The van der Waals surface area contributed by atoms with Gasteiger partial charge in [-0.3, -0.25) is 9.78 Å². The van der Waals surface area contributed by atoms with Crippen LogP contribution in [0, 0.1) is 23.4 Å². The number of hydrogen-bond donors (Lipinski definition) is 3. The van der Waals surface area contributed by atoms with Crippen LogP contribution >= 0.6 is 0 Å². The van der Waals surface area contributed by atoms with E-state index in [1.165, 1.54) is 6.20 Å². The third kappa shape index (κ3) is 5.96. The Morgan fingerprint density at radius 2 is 1.82 bits per heavy atom. The van der Waals surface area contributed by atoms with Crippen molar-refractivity contribution in [3.63, 3.8) is 0 Å². The van der Waals surface area contributed by atoms with E-state index in [9.17, 15) is 14.3 Å². The third-order valence-electron chi connectivity index (χ3n) is 7.58. The van der Waals surface area contributed by atoms with Crippen LogP contribution in [-0.4, -0.2) is 52.4 Å². The van der Waals surface area contributed by atoms with Gasteiger partial charge in [-0.2, -0.15) is 0 Å².